The van der Waals surface area contributed by atoms with Crippen LogP contribution in [0, 0.1) is 0 Å². The number of rotatable bonds is 4. The Morgan fingerprint density at radius 3 is 2.95 bits per heavy atom. The highest BCUT2D eigenvalue weighted by molar-refractivity contribution is 6.30. The summed E-state index contributed by atoms with van der Waals surface area (Å²) in [5.74, 6) is -0.611. The monoisotopic (exact) mass is 298 g/mol. The first-order valence-corrected chi connectivity index (χ1v) is 6.68. The summed E-state index contributed by atoms with van der Waals surface area (Å²) < 4.78 is 10.3. The molecule has 0 saturated carbocycles. The number of amides is 1. The van der Waals surface area contributed by atoms with E-state index >= 15 is 0 Å². The molecule has 2 heterocycles. The Labute approximate surface area is 121 Å². The molecule has 7 heteroatoms. The summed E-state index contributed by atoms with van der Waals surface area (Å²) in [4.78, 5) is 27.5. The summed E-state index contributed by atoms with van der Waals surface area (Å²) in [6.07, 6.45) is 1.41. The second-order valence-electron chi connectivity index (χ2n) is 4.43. The van der Waals surface area contributed by atoms with Gasteiger partial charge in [0.05, 0.1) is 5.02 Å². The topological polar surface area (TPSA) is 77.5 Å². The van der Waals surface area contributed by atoms with Crippen molar-refractivity contribution >= 4 is 29.3 Å². The van der Waals surface area contributed by atoms with Crippen LogP contribution >= 0.6 is 11.6 Å². The number of halogens is 1. The average Bonchev–Trinajstić information content (AvgIpc) is 2.95. The Bertz CT molecular complexity index is 486. The van der Waals surface area contributed by atoms with Crippen molar-refractivity contribution in [2.24, 2.45) is 0 Å². The van der Waals surface area contributed by atoms with Gasteiger partial charge in [0, 0.05) is 12.8 Å². The van der Waals surface area contributed by atoms with Crippen LogP contribution < -0.4 is 5.32 Å². The fourth-order valence-electron chi connectivity index (χ4n) is 1.74. The zero-order valence-electron chi connectivity index (χ0n) is 11.0. The van der Waals surface area contributed by atoms with Crippen LogP contribution in [0.15, 0.2) is 18.3 Å². The number of carbonyl (C=O) groups is 2. The molecule has 0 aromatic carbocycles. The molecule has 1 aliphatic rings. The Kier molecular flexibility index (Phi) is 4.92. The minimum atomic E-state index is -0.913. The average molecular weight is 299 g/mol. The summed E-state index contributed by atoms with van der Waals surface area (Å²) in [7, 11) is 0. The molecule has 108 valence electrons. The molecule has 0 radical (unpaired) electrons. The lowest BCUT2D eigenvalue weighted by Gasteiger charge is -2.15. The highest BCUT2D eigenvalue weighted by Gasteiger charge is 2.28. The minimum absolute atomic E-state index is 0.347. The van der Waals surface area contributed by atoms with Crippen molar-refractivity contribution in [2.45, 2.75) is 32.0 Å². The van der Waals surface area contributed by atoms with Crippen LogP contribution in [0.5, 0.6) is 0 Å². The van der Waals surface area contributed by atoms with E-state index in [9.17, 15) is 9.59 Å². The van der Waals surface area contributed by atoms with Crippen LogP contribution in [-0.4, -0.2) is 35.7 Å². The number of anilines is 1. The van der Waals surface area contributed by atoms with Gasteiger partial charge in [-0.3, -0.25) is 4.79 Å². The number of nitrogens with zero attached hydrogens (tertiary/aromatic N) is 1. The van der Waals surface area contributed by atoms with Gasteiger partial charge in [0.2, 0.25) is 0 Å². The molecule has 2 atom stereocenters. The number of hydrogen-bond donors (Lipinski definition) is 1. The van der Waals surface area contributed by atoms with Crippen molar-refractivity contribution in [2.75, 3.05) is 11.9 Å². The third kappa shape index (κ3) is 3.91. The molecular weight excluding hydrogens is 284 g/mol. The minimum Gasteiger partial charge on any atom is -0.451 e. The quantitative estimate of drug-likeness (QED) is 0.857. The number of pyridine rings is 1. The molecule has 1 N–H and O–H groups in total. The van der Waals surface area contributed by atoms with E-state index < -0.39 is 24.1 Å². The van der Waals surface area contributed by atoms with Crippen molar-refractivity contribution in [3.63, 3.8) is 0 Å². The molecule has 6 nitrogen and oxygen atoms in total. The summed E-state index contributed by atoms with van der Waals surface area (Å²) in [6.45, 7) is 2.05. The normalized spacial score (nSPS) is 19.4. The third-order valence-electron chi connectivity index (χ3n) is 2.83. The fourth-order valence-corrected chi connectivity index (χ4v) is 1.86. The summed E-state index contributed by atoms with van der Waals surface area (Å²) in [5.41, 5.74) is 0. The number of hydrogen-bond acceptors (Lipinski definition) is 5. The number of carbonyl (C=O) groups excluding carboxylic acids is 2. The van der Waals surface area contributed by atoms with E-state index in [2.05, 4.69) is 10.3 Å². The lowest BCUT2D eigenvalue weighted by Crippen LogP contribution is -2.34. The molecular formula is C13H15ClN2O4. The van der Waals surface area contributed by atoms with Crippen LogP contribution in [-0.2, 0) is 19.1 Å². The van der Waals surface area contributed by atoms with Gasteiger partial charge in [-0.15, -0.1) is 0 Å². The van der Waals surface area contributed by atoms with Gasteiger partial charge in [-0.25, -0.2) is 9.78 Å². The number of esters is 1. The molecule has 0 bridgehead atoms. The van der Waals surface area contributed by atoms with E-state index in [0.717, 1.165) is 6.42 Å². The first-order valence-electron chi connectivity index (χ1n) is 6.31. The number of aromatic nitrogens is 1. The molecule has 2 rings (SSSR count). The Hall–Kier alpha value is -1.66. The smallest absolute Gasteiger partial charge is 0.336 e. The molecule has 20 heavy (non-hydrogen) atoms. The SMILES string of the molecule is C[C@H](OC(=O)[C@@H]1CCCO1)C(=O)Nc1ccc(Cl)cn1. The maximum atomic E-state index is 11.8. The predicted octanol–water partition coefficient (Wildman–Crippen LogP) is 1.78. The third-order valence-corrected chi connectivity index (χ3v) is 3.06. The molecule has 1 saturated heterocycles. The molecule has 0 spiro atoms. The standard InChI is InChI=1S/C13H15ClN2O4/c1-8(20-13(18)10-3-2-6-19-10)12(17)16-11-5-4-9(14)7-15-11/h4-5,7-8,10H,2-3,6H2,1H3,(H,15,16,17)/t8-,10-/m0/s1. The summed E-state index contributed by atoms with van der Waals surface area (Å²) >= 11 is 5.69. The molecule has 1 fully saturated rings. The Morgan fingerprint density at radius 2 is 2.35 bits per heavy atom. The molecule has 0 aliphatic carbocycles. The van der Waals surface area contributed by atoms with E-state index in [-0.39, 0.29) is 0 Å². The Morgan fingerprint density at radius 1 is 1.55 bits per heavy atom. The lowest BCUT2D eigenvalue weighted by molar-refractivity contribution is -0.162. The van der Waals surface area contributed by atoms with Gasteiger partial charge < -0.3 is 14.8 Å². The van der Waals surface area contributed by atoms with E-state index in [1.807, 2.05) is 0 Å². The number of nitrogens with one attached hydrogen (secondary N) is 1. The largest absolute Gasteiger partial charge is 0.451 e. The maximum Gasteiger partial charge on any atom is 0.336 e. The van der Waals surface area contributed by atoms with Gasteiger partial charge in [0.1, 0.15) is 5.82 Å². The van der Waals surface area contributed by atoms with Gasteiger partial charge in [-0.1, -0.05) is 11.6 Å². The van der Waals surface area contributed by atoms with Crippen molar-refractivity contribution < 1.29 is 19.1 Å². The summed E-state index contributed by atoms with van der Waals surface area (Å²) in [5, 5.41) is 3.01. The van der Waals surface area contributed by atoms with Gasteiger partial charge in [-0.2, -0.15) is 0 Å². The lowest BCUT2D eigenvalue weighted by atomic mass is 10.2. The van der Waals surface area contributed by atoms with Gasteiger partial charge in [0.25, 0.3) is 5.91 Å². The van der Waals surface area contributed by atoms with Gasteiger partial charge >= 0.3 is 5.97 Å². The molecule has 1 amide bonds. The van der Waals surface area contributed by atoms with E-state index in [1.165, 1.54) is 13.1 Å². The van der Waals surface area contributed by atoms with Crippen LogP contribution in [0.3, 0.4) is 0 Å². The van der Waals surface area contributed by atoms with E-state index in [1.54, 1.807) is 12.1 Å². The highest BCUT2D eigenvalue weighted by atomic mass is 35.5. The van der Waals surface area contributed by atoms with Crippen LogP contribution in [0.4, 0.5) is 5.82 Å². The van der Waals surface area contributed by atoms with Crippen LogP contribution in [0.25, 0.3) is 0 Å². The second-order valence-corrected chi connectivity index (χ2v) is 4.87. The van der Waals surface area contributed by atoms with Crippen molar-refractivity contribution in [1.82, 2.24) is 4.98 Å². The Balaban J connectivity index is 1.85. The summed E-state index contributed by atoms with van der Waals surface area (Å²) in [6, 6.07) is 3.17. The molecule has 1 aliphatic heterocycles. The first-order chi connectivity index (χ1) is 9.56. The highest BCUT2D eigenvalue weighted by Crippen LogP contribution is 2.15. The van der Waals surface area contributed by atoms with E-state index in [4.69, 9.17) is 21.1 Å². The van der Waals surface area contributed by atoms with Gasteiger partial charge in [0.15, 0.2) is 12.2 Å². The predicted molar refractivity (Wildman–Crippen MR) is 72.4 cm³/mol. The zero-order valence-corrected chi connectivity index (χ0v) is 11.7. The van der Waals surface area contributed by atoms with E-state index in [0.29, 0.717) is 23.9 Å². The molecule has 1 aromatic heterocycles. The zero-order chi connectivity index (χ0) is 14.5. The molecule has 1 aromatic rings. The van der Waals surface area contributed by atoms with Gasteiger partial charge in [-0.05, 0) is 31.9 Å². The van der Waals surface area contributed by atoms with Crippen LogP contribution in [0.1, 0.15) is 19.8 Å². The van der Waals surface area contributed by atoms with Crippen molar-refractivity contribution in [3.8, 4) is 0 Å². The first kappa shape index (κ1) is 14.7. The number of ether oxygens (including phenoxy) is 2. The second kappa shape index (κ2) is 6.67. The van der Waals surface area contributed by atoms with Crippen LogP contribution in [0.2, 0.25) is 5.02 Å². The maximum absolute atomic E-state index is 11.8. The van der Waals surface area contributed by atoms with Crippen molar-refractivity contribution in [1.29, 1.82) is 0 Å². The fraction of sp³-hybridized carbons (Fsp3) is 0.462. The van der Waals surface area contributed by atoms with Crippen molar-refractivity contribution in [3.05, 3.63) is 23.4 Å². The molecule has 0 unspecified atom stereocenters.